The van der Waals surface area contributed by atoms with E-state index in [1.165, 1.54) is 0 Å². The molecule has 6 nitrogen and oxygen atoms in total. The van der Waals surface area contributed by atoms with Crippen LogP contribution in [0.25, 0.3) is 16.6 Å². The van der Waals surface area contributed by atoms with E-state index in [0.717, 1.165) is 4.47 Å². The van der Waals surface area contributed by atoms with E-state index in [2.05, 4.69) is 15.9 Å². The number of fused-ring (bicyclic) bond motifs is 1. The summed E-state index contributed by atoms with van der Waals surface area (Å²) >= 11 is 3.45. The fraction of sp³-hybridized carbons (Fsp3) is 0.192. The van der Waals surface area contributed by atoms with Crippen molar-refractivity contribution in [3.63, 3.8) is 0 Å². The minimum atomic E-state index is -0.492. The van der Waals surface area contributed by atoms with Crippen molar-refractivity contribution in [2.24, 2.45) is 0 Å². The number of carbonyl (C=O) groups excluding carboxylic acids is 1. The molecule has 1 atom stereocenters. The molecule has 0 aliphatic rings. The number of carbonyl (C=O) groups is 1. The van der Waals surface area contributed by atoms with E-state index in [1.807, 2.05) is 67.6 Å². The van der Waals surface area contributed by atoms with Crippen LogP contribution in [-0.4, -0.2) is 40.6 Å². The van der Waals surface area contributed by atoms with Gasteiger partial charge in [0.1, 0.15) is 5.82 Å². The normalized spacial score (nSPS) is 12.0. The Hall–Kier alpha value is -3.29. The second kappa shape index (κ2) is 10.1. The maximum Gasteiger partial charge on any atom is 0.266 e. The average molecular weight is 506 g/mol. The minimum absolute atomic E-state index is 0.148. The number of hydrogen-bond acceptors (Lipinski definition) is 4. The van der Waals surface area contributed by atoms with E-state index in [1.54, 1.807) is 34.8 Å². The van der Waals surface area contributed by atoms with Gasteiger partial charge in [-0.3, -0.25) is 14.2 Å². The Morgan fingerprint density at radius 3 is 2.39 bits per heavy atom. The fourth-order valence-electron chi connectivity index (χ4n) is 3.82. The lowest BCUT2D eigenvalue weighted by Crippen LogP contribution is -2.39. The van der Waals surface area contributed by atoms with Gasteiger partial charge in [0.05, 0.1) is 29.2 Å². The van der Waals surface area contributed by atoms with Crippen molar-refractivity contribution in [2.75, 3.05) is 20.3 Å². The van der Waals surface area contributed by atoms with Gasteiger partial charge in [-0.1, -0.05) is 46.3 Å². The van der Waals surface area contributed by atoms with Crippen LogP contribution in [0, 0.1) is 0 Å². The maximum atomic E-state index is 13.6. The van der Waals surface area contributed by atoms with Gasteiger partial charge in [0, 0.05) is 23.7 Å². The lowest BCUT2D eigenvalue weighted by atomic mass is 10.1. The highest BCUT2D eigenvalue weighted by Gasteiger charge is 2.27. The number of para-hydroxylation sites is 1. The first-order chi connectivity index (χ1) is 16.0. The highest BCUT2D eigenvalue weighted by molar-refractivity contribution is 9.10. The molecule has 33 heavy (non-hydrogen) atoms. The Morgan fingerprint density at radius 2 is 1.70 bits per heavy atom. The average Bonchev–Trinajstić information content (AvgIpc) is 2.85. The number of amides is 1. The first-order valence-electron chi connectivity index (χ1n) is 10.6. The van der Waals surface area contributed by atoms with Gasteiger partial charge in [0.15, 0.2) is 0 Å². The molecule has 7 heteroatoms. The van der Waals surface area contributed by atoms with Gasteiger partial charge in [-0.2, -0.15) is 0 Å². The Balaban J connectivity index is 1.90. The van der Waals surface area contributed by atoms with Crippen molar-refractivity contribution < 1.29 is 9.53 Å². The largest absolute Gasteiger partial charge is 0.383 e. The van der Waals surface area contributed by atoms with Crippen molar-refractivity contribution in [3.05, 3.63) is 105 Å². The van der Waals surface area contributed by atoms with E-state index in [4.69, 9.17) is 9.72 Å². The third-order valence-corrected chi connectivity index (χ3v) is 6.07. The number of benzene rings is 3. The van der Waals surface area contributed by atoms with E-state index >= 15 is 0 Å². The van der Waals surface area contributed by atoms with Crippen molar-refractivity contribution in [2.45, 2.75) is 13.0 Å². The van der Waals surface area contributed by atoms with Gasteiger partial charge in [0.2, 0.25) is 0 Å². The van der Waals surface area contributed by atoms with Crippen molar-refractivity contribution in [3.8, 4) is 5.69 Å². The molecule has 1 unspecified atom stereocenters. The SMILES string of the molecule is COCCN(C(=O)c1ccccc1)C(C)c1nc2ccccc2c(=O)n1-c1ccc(Br)cc1. The second-order valence-electron chi connectivity index (χ2n) is 7.64. The predicted molar refractivity (Wildman–Crippen MR) is 133 cm³/mol. The van der Waals surface area contributed by atoms with Crippen molar-refractivity contribution in [1.29, 1.82) is 0 Å². The first-order valence-corrected chi connectivity index (χ1v) is 11.4. The van der Waals surface area contributed by atoms with Crippen LogP contribution in [0.1, 0.15) is 29.1 Å². The van der Waals surface area contributed by atoms with Crippen LogP contribution < -0.4 is 5.56 Å². The third-order valence-electron chi connectivity index (χ3n) is 5.55. The van der Waals surface area contributed by atoms with Crippen molar-refractivity contribution >= 4 is 32.7 Å². The topological polar surface area (TPSA) is 64.4 Å². The fourth-order valence-corrected chi connectivity index (χ4v) is 4.08. The van der Waals surface area contributed by atoms with Crippen LogP contribution in [0.2, 0.25) is 0 Å². The maximum absolute atomic E-state index is 13.6. The van der Waals surface area contributed by atoms with E-state index in [9.17, 15) is 9.59 Å². The summed E-state index contributed by atoms with van der Waals surface area (Å²) < 4.78 is 7.78. The van der Waals surface area contributed by atoms with E-state index in [-0.39, 0.29) is 11.5 Å². The van der Waals surface area contributed by atoms with Crippen molar-refractivity contribution in [1.82, 2.24) is 14.5 Å². The number of rotatable bonds is 7. The molecule has 0 bridgehead atoms. The Kier molecular flexibility index (Phi) is 7.01. The van der Waals surface area contributed by atoms with Gasteiger partial charge in [-0.05, 0) is 55.5 Å². The molecular formula is C26H24BrN3O3. The third kappa shape index (κ3) is 4.74. The van der Waals surface area contributed by atoms with Gasteiger partial charge in [-0.15, -0.1) is 0 Å². The first kappa shape index (κ1) is 22.9. The second-order valence-corrected chi connectivity index (χ2v) is 8.55. The molecule has 0 N–H and O–H groups in total. The van der Waals surface area contributed by atoms with Crippen LogP contribution in [0.5, 0.6) is 0 Å². The number of halogens is 1. The zero-order valence-corrected chi connectivity index (χ0v) is 20.0. The Bertz CT molecular complexity index is 1320. The van der Waals surface area contributed by atoms with E-state index in [0.29, 0.717) is 41.1 Å². The summed E-state index contributed by atoms with van der Waals surface area (Å²) in [5.41, 5.74) is 1.67. The standard InChI is InChI=1S/C26H24BrN3O3/c1-18(29(16-17-33-2)25(31)19-8-4-3-5-9-19)24-28-23-11-7-6-10-22(23)26(32)30(24)21-14-12-20(27)13-15-21/h3-15,18H,16-17H2,1-2H3. The number of hydrogen-bond donors (Lipinski definition) is 0. The summed E-state index contributed by atoms with van der Waals surface area (Å²) in [4.78, 5) is 33.6. The predicted octanol–water partition coefficient (Wildman–Crippen LogP) is 5.00. The number of methoxy groups -OCH3 is 1. The molecule has 1 heterocycles. The highest BCUT2D eigenvalue weighted by Crippen LogP contribution is 2.25. The number of ether oxygens (including phenoxy) is 1. The molecule has 0 radical (unpaired) electrons. The smallest absolute Gasteiger partial charge is 0.266 e. The van der Waals surface area contributed by atoms with Gasteiger partial charge in [-0.25, -0.2) is 4.98 Å². The number of nitrogens with zero attached hydrogens (tertiary/aromatic N) is 3. The monoisotopic (exact) mass is 505 g/mol. The Labute approximate surface area is 200 Å². The molecule has 0 saturated heterocycles. The minimum Gasteiger partial charge on any atom is -0.383 e. The summed E-state index contributed by atoms with van der Waals surface area (Å²) in [5, 5.41) is 0.522. The Morgan fingerprint density at radius 1 is 1.03 bits per heavy atom. The summed E-state index contributed by atoms with van der Waals surface area (Å²) in [6, 6.07) is 23.3. The summed E-state index contributed by atoms with van der Waals surface area (Å²) in [6.07, 6.45) is 0. The molecule has 4 rings (SSSR count). The molecule has 0 spiro atoms. The van der Waals surface area contributed by atoms with Gasteiger partial charge < -0.3 is 9.64 Å². The molecule has 3 aromatic carbocycles. The van der Waals surface area contributed by atoms with Crippen LogP contribution in [-0.2, 0) is 4.74 Å². The molecule has 1 aromatic heterocycles. The molecule has 0 fully saturated rings. The van der Waals surface area contributed by atoms with Crippen LogP contribution in [0.3, 0.4) is 0 Å². The van der Waals surface area contributed by atoms with Crippen LogP contribution in [0.15, 0.2) is 88.1 Å². The van der Waals surface area contributed by atoms with Crippen LogP contribution >= 0.6 is 15.9 Å². The van der Waals surface area contributed by atoms with Gasteiger partial charge >= 0.3 is 0 Å². The number of aromatic nitrogens is 2. The summed E-state index contributed by atoms with van der Waals surface area (Å²) in [7, 11) is 1.60. The van der Waals surface area contributed by atoms with E-state index < -0.39 is 6.04 Å². The molecule has 4 aromatic rings. The van der Waals surface area contributed by atoms with Gasteiger partial charge in [0.25, 0.3) is 11.5 Å². The van der Waals surface area contributed by atoms with Crippen LogP contribution in [0.4, 0.5) is 0 Å². The quantitative estimate of drug-likeness (QED) is 0.354. The zero-order valence-electron chi connectivity index (χ0n) is 18.4. The molecule has 0 aliphatic carbocycles. The summed E-state index contributed by atoms with van der Waals surface area (Å²) in [5.74, 6) is 0.339. The molecular weight excluding hydrogens is 482 g/mol. The lowest BCUT2D eigenvalue weighted by Gasteiger charge is -2.30. The molecule has 0 aliphatic heterocycles. The summed E-state index contributed by atoms with van der Waals surface area (Å²) in [6.45, 7) is 2.61. The lowest BCUT2D eigenvalue weighted by molar-refractivity contribution is 0.0605. The molecule has 0 saturated carbocycles. The highest BCUT2D eigenvalue weighted by atomic mass is 79.9. The molecule has 168 valence electrons. The molecule has 1 amide bonds. The zero-order chi connectivity index (χ0) is 23.4.